The highest BCUT2D eigenvalue weighted by molar-refractivity contribution is 7.86. The predicted octanol–water partition coefficient (Wildman–Crippen LogP) is 1.07. The molecule has 64 valence electrons. The molecule has 1 aromatic rings. The molecule has 0 saturated carbocycles. The van der Waals surface area contributed by atoms with Crippen LogP contribution in [0.4, 0.5) is 0 Å². The lowest BCUT2D eigenvalue weighted by molar-refractivity contribution is 0.333. The number of benzene rings is 1. The van der Waals surface area contributed by atoms with Crippen molar-refractivity contribution in [3.8, 4) is 0 Å². The van der Waals surface area contributed by atoms with Crippen LogP contribution in [0.2, 0.25) is 0 Å². The minimum atomic E-state index is -3.99. The summed E-state index contributed by atoms with van der Waals surface area (Å²) in [7, 11) is -3.99. The Morgan fingerprint density at radius 1 is 1.17 bits per heavy atom. The minimum Gasteiger partial charge on any atom is -0.228 e. The van der Waals surface area contributed by atoms with Crippen molar-refractivity contribution >= 4 is 10.1 Å². The van der Waals surface area contributed by atoms with Gasteiger partial charge in [-0.15, -0.1) is 4.91 Å². The lowest BCUT2D eigenvalue weighted by atomic mass is 10.4. The molecule has 0 unspecified atom stereocenters. The first-order valence-corrected chi connectivity index (χ1v) is 4.39. The van der Waals surface area contributed by atoms with Gasteiger partial charge in [0.25, 0.3) is 0 Å². The van der Waals surface area contributed by atoms with Crippen molar-refractivity contribution in [2.24, 2.45) is 5.34 Å². The summed E-state index contributed by atoms with van der Waals surface area (Å²) in [6.07, 6.45) is 0. The summed E-state index contributed by atoms with van der Waals surface area (Å²) in [5.74, 6) is 0. The SMILES string of the molecule is O=NOS(=O)(=O)c1ccccc1. The Hall–Kier alpha value is -1.43. The highest BCUT2D eigenvalue weighted by Gasteiger charge is 2.14. The second-order valence-corrected chi connectivity index (χ2v) is 3.44. The van der Waals surface area contributed by atoms with E-state index in [1.54, 1.807) is 6.07 Å². The van der Waals surface area contributed by atoms with Gasteiger partial charge in [0.15, 0.2) is 5.34 Å². The number of nitrogens with zero attached hydrogens (tertiary/aromatic N) is 1. The molecule has 0 aliphatic carbocycles. The molecule has 0 heterocycles. The van der Waals surface area contributed by atoms with Gasteiger partial charge in [0.1, 0.15) is 4.90 Å². The first kappa shape index (κ1) is 8.66. The Labute approximate surface area is 69.0 Å². The van der Waals surface area contributed by atoms with Gasteiger partial charge in [0, 0.05) is 0 Å². The molecule has 0 amide bonds. The van der Waals surface area contributed by atoms with Crippen molar-refractivity contribution in [3.63, 3.8) is 0 Å². The number of hydrogen-bond donors (Lipinski definition) is 0. The summed E-state index contributed by atoms with van der Waals surface area (Å²) >= 11 is 0. The quantitative estimate of drug-likeness (QED) is 0.524. The molecule has 0 aromatic heterocycles. The zero-order valence-corrected chi connectivity index (χ0v) is 6.69. The molecule has 0 aliphatic rings. The zero-order valence-electron chi connectivity index (χ0n) is 5.88. The smallest absolute Gasteiger partial charge is 0.228 e. The minimum absolute atomic E-state index is 0.0930. The zero-order chi connectivity index (χ0) is 9.03. The lowest BCUT2D eigenvalue weighted by Crippen LogP contribution is -2.00. The molecular formula is C6H5NO4S. The summed E-state index contributed by atoms with van der Waals surface area (Å²) in [6, 6.07) is 7.29. The van der Waals surface area contributed by atoms with Crippen LogP contribution in [0.15, 0.2) is 40.6 Å². The molecule has 1 aromatic carbocycles. The van der Waals surface area contributed by atoms with Crippen molar-refractivity contribution in [2.75, 3.05) is 0 Å². The topological polar surface area (TPSA) is 72.8 Å². The highest BCUT2D eigenvalue weighted by Crippen LogP contribution is 2.10. The van der Waals surface area contributed by atoms with Gasteiger partial charge in [0.05, 0.1) is 0 Å². The molecule has 12 heavy (non-hydrogen) atoms. The Kier molecular flexibility index (Phi) is 2.39. The third-order valence-electron chi connectivity index (χ3n) is 1.16. The molecular weight excluding hydrogens is 182 g/mol. The number of rotatable bonds is 3. The van der Waals surface area contributed by atoms with Crippen LogP contribution in [0, 0.1) is 4.91 Å². The average molecular weight is 187 g/mol. The van der Waals surface area contributed by atoms with E-state index in [1.165, 1.54) is 24.3 Å². The van der Waals surface area contributed by atoms with Crippen molar-refractivity contribution < 1.29 is 12.7 Å². The van der Waals surface area contributed by atoms with E-state index in [0.29, 0.717) is 0 Å². The molecule has 0 N–H and O–H groups in total. The van der Waals surface area contributed by atoms with Gasteiger partial charge >= 0.3 is 10.1 Å². The largest absolute Gasteiger partial charge is 0.361 e. The molecule has 0 spiro atoms. The Morgan fingerprint density at radius 2 is 1.75 bits per heavy atom. The van der Waals surface area contributed by atoms with Crippen molar-refractivity contribution in [1.29, 1.82) is 0 Å². The summed E-state index contributed by atoms with van der Waals surface area (Å²) in [6.45, 7) is 0. The molecule has 1 rings (SSSR count). The normalized spacial score (nSPS) is 10.7. The maximum atomic E-state index is 10.9. The molecule has 0 bridgehead atoms. The van der Waals surface area contributed by atoms with Crippen molar-refractivity contribution in [3.05, 3.63) is 35.2 Å². The molecule has 0 fully saturated rings. The second-order valence-electron chi connectivity index (χ2n) is 1.92. The van der Waals surface area contributed by atoms with Crippen molar-refractivity contribution in [2.45, 2.75) is 4.90 Å². The van der Waals surface area contributed by atoms with E-state index in [-0.39, 0.29) is 4.90 Å². The van der Waals surface area contributed by atoms with Crippen LogP contribution in [0.5, 0.6) is 0 Å². The van der Waals surface area contributed by atoms with Gasteiger partial charge in [-0.1, -0.05) is 18.2 Å². The van der Waals surface area contributed by atoms with Crippen LogP contribution in [0.25, 0.3) is 0 Å². The van der Waals surface area contributed by atoms with Gasteiger partial charge in [-0.2, -0.15) is 8.42 Å². The predicted molar refractivity (Wildman–Crippen MR) is 40.5 cm³/mol. The van der Waals surface area contributed by atoms with E-state index in [2.05, 4.69) is 4.28 Å². The third kappa shape index (κ3) is 1.79. The monoisotopic (exact) mass is 187 g/mol. The molecule has 6 heteroatoms. The van der Waals surface area contributed by atoms with Gasteiger partial charge in [0.2, 0.25) is 0 Å². The van der Waals surface area contributed by atoms with Crippen LogP contribution in [0.1, 0.15) is 0 Å². The fraction of sp³-hybridized carbons (Fsp3) is 0. The van der Waals surface area contributed by atoms with E-state index in [9.17, 15) is 13.3 Å². The molecule has 5 nitrogen and oxygen atoms in total. The van der Waals surface area contributed by atoms with E-state index < -0.39 is 10.1 Å². The fourth-order valence-electron chi connectivity index (χ4n) is 0.670. The molecule has 0 radical (unpaired) electrons. The van der Waals surface area contributed by atoms with Gasteiger partial charge < -0.3 is 0 Å². The van der Waals surface area contributed by atoms with E-state index >= 15 is 0 Å². The van der Waals surface area contributed by atoms with Crippen LogP contribution < -0.4 is 0 Å². The summed E-state index contributed by atoms with van der Waals surface area (Å²) in [5.41, 5.74) is 0. The average Bonchev–Trinajstić information content (AvgIpc) is 2.06. The third-order valence-corrected chi connectivity index (χ3v) is 2.27. The van der Waals surface area contributed by atoms with E-state index in [1.807, 2.05) is 5.34 Å². The van der Waals surface area contributed by atoms with Gasteiger partial charge in [-0.05, 0) is 12.1 Å². The van der Waals surface area contributed by atoms with Crippen LogP contribution in [0.3, 0.4) is 0 Å². The van der Waals surface area contributed by atoms with E-state index in [0.717, 1.165) is 0 Å². The van der Waals surface area contributed by atoms with Crippen molar-refractivity contribution in [1.82, 2.24) is 0 Å². The van der Waals surface area contributed by atoms with Crippen LogP contribution >= 0.6 is 0 Å². The van der Waals surface area contributed by atoms with Gasteiger partial charge in [-0.25, -0.2) is 4.28 Å². The van der Waals surface area contributed by atoms with Crippen LogP contribution in [-0.2, 0) is 14.4 Å². The standard InChI is InChI=1S/C6H5NO4S/c8-7-11-12(9,10)6-4-2-1-3-5-6/h1-5H. The Morgan fingerprint density at radius 3 is 2.25 bits per heavy atom. The van der Waals surface area contributed by atoms with Crippen LogP contribution in [-0.4, -0.2) is 8.42 Å². The molecule has 0 saturated heterocycles. The fourth-order valence-corrected chi connectivity index (χ4v) is 1.33. The second kappa shape index (κ2) is 3.31. The Bertz CT molecular complexity index is 358. The maximum Gasteiger partial charge on any atom is 0.361 e. The Balaban J connectivity index is 3.07. The first-order chi connectivity index (χ1) is 5.67. The van der Waals surface area contributed by atoms with Gasteiger partial charge in [-0.3, -0.25) is 0 Å². The summed E-state index contributed by atoms with van der Waals surface area (Å²) in [4.78, 5) is 9.45. The first-order valence-electron chi connectivity index (χ1n) is 2.98. The lowest BCUT2D eigenvalue weighted by Gasteiger charge is -1.96. The highest BCUT2D eigenvalue weighted by atomic mass is 32.2. The molecule has 0 atom stereocenters. The summed E-state index contributed by atoms with van der Waals surface area (Å²) in [5, 5.41) is 1.85. The maximum absolute atomic E-state index is 10.9. The van der Waals surface area contributed by atoms with E-state index in [4.69, 9.17) is 0 Å². The molecule has 0 aliphatic heterocycles. The number of hydrogen-bond acceptors (Lipinski definition) is 5. The summed E-state index contributed by atoms with van der Waals surface area (Å²) < 4.78 is 25.5.